The first kappa shape index (κ1) is 24.9. The van der Waals surface area contributed by atoms with E-state index in [0.29, 0.717) is 26.2 Å². The molecule has 1 amide bonds. The molecule has 0 saturated carbocycles. The van der Waals surface area contributed by atoms with E-state index < -0.39 is 0 Å². The molecule has 2 N–H and O–H groups in total. The predicted octanol–water partition coefficient (Wildman–Crippen LogP) is 1.24. The topological polar surface area (TPSA) is 72.1 Å². The maximum atomic E-state index is 12.1. The lowest BCUT2D eigenvalue weighted by Gasteiger charge is -2.26. The van der Waals surface area contributed by atoms with Gasteiger partial charge in [-0.05, 0) is 17.7 Å². The molecule has 28 heavy (non-hydrogen) atoms. The third-order valence-corrected chi connectivity index (χ3v) is 4.60. The minimum absolute atomic E-state index is 0. The quantitative estimate of drug-likeness (QED) is 0.639. The van der Waals surface area contributed by atoms with Gasteiger partial charge < -0.3 is 24.8 Å². The highest BCUT2D eigenvalue weighted by Crippen LogP contribution is 2.13. The van der Waals surface area contributed by atoms with Gasteiger partial charge in [0, 0.05) is 45.2 Å². The Kier molecular flexibility index (Phi) is 12.5. The molecule has 160 valence electrons. The number of carbonyl (C=O) groups excluding carboxylic acids is 1. The maximum Gasteiger partial charge on any atom is 0.221 e. The fourth-order valence-electron chi connectivity index (χ4n) is 3.11. The highest BCUT2D eigenvalue weighted by Gasteiger charge is 2.16. The summed E-state index contributed by atoms with van der Waals surface area (Å²) in [5, 5.41) is 6.26. The lowest BCUT2D eigenvalue weighted by atomic mass is 10.1. The summed E-state index contributed by atoms with van der Waals surface area (Å²) in [5.41, 5.74) is 1.04. The summed E-state index contributed by atoms with van der Waals surface area (Å²) in [6, 6.07) is 8.01. The van der Waals surface area contributed by atoms with Crippen molar-refractivity contribution < 1.29 is 19.0 Å². The molecule has 7 nitrogen and oxygen atoms in total. The van der Waals surface area contributed by atoms with Gasteiger partial charge >= 0.3 is 0 Å². The average molecular weight is 436 g/mol. The van der Waals surface area contributed by atoms with Gasteiger partial charge in [-0.15, -0.1) is 24.8 Å². The second-order valence-electron chi connectivity index (χ2n) is 6.66. The molecule has 2 aliphatic rings. The molecule has 0 aliphatic carbocycles. The first-order chi connectivity index (χ1) is 12.8. The Bertz CT molecular complexity index is 568. The zero-order valence-electron chi connectivity index (χ0n) is 16.1. The van der Waals surface area contributed by atoms with Crippen LogP contribution < -0.4 is 15.4 Å². The fraction of sp³-hybridized carbons (Fsp3) is 0.632. The van der Waals surface area contributed by atoms with Crippen LogP contribution in [0.1, 0.15) is 12.0 Å². The second kappa shape index (κ2) is 14.0. The second-order valence-corrected chi connectivity index (χ2v) is 6.66. The van der Waals surface area contributed by atoms with Crippen LogP contribution in [0.2, 0.25) is 0 Å². The molecular formula is C19H31Cl2N3O4. The van der Waals surface area contributed by atoms with Crippen molar-refractivity contribution in [1.82, 2.24) is 15.5 Å². The molecule has 0 bridgehead atoms. The van der Waals surface area contributed by atoms with Crippen molar-refractivity contribution in [3.63, 3.8) is 0 Å². The van der Waals surface area contributed by atoms with Crippen LogP contribution in [0.15, 0.2) is 24.3 Å². The van der Waals surface area contributed by atoms with Gasteiger partial charge in [0.1, 0.15) is 12.4 Å². The van der Waals surface area contributed by atoms with E-state index in [-0.39, 0.29) is 36.8 Å². The zero-order valence-corrected chi connectivity index (χ0v) is 17.7. The van der Waals surface area contributed by atoms with Crippen LogP contribution in [0.25, 0.3) is 0 Å². The summed E-state index contributed by atoms with van der Waals surface area (Å²) < 4.78 is 16.6. The summed E-state index contributed by atoms with van der Waals surface area (Å²) in [4.78, 5) is 14.4. The van der Waals surface area contributed by atoms with E-state index in [0.717, 1.165) is 57.3 Å². The van der Waals surface area contributed by atoms with Crippen molar-refractivity contribution >= 4 is 30.7 Å². The maximum absolute atomic E-state index is 12.1. The molecule has 2 fully saturated rings. The smallest absolute Gasteiger partial charge is 0.221 e. The SMILES string of the molecule is Cl.Cl.O=C(CC1COCCN1)NCc1cccc(OCCN2CCOCC2)c1. The number of hydrogen-bond donors (Lipinski definition) is 2. The van der Waals surface area contributed by atoms with Gasteiger partial charge in [0.2, 0.25) is 5.91 Å². The Morgan fingerprint density at radius 1 is 1.21 bits per heavy atom. The first-order valence-corrected chi connectivity index (χ1v) is 9.39. The van der Waals surface area contributed by atoms with Gasteiger partial charge in [0.05, 0.1) is 26.4 Å². The molecule has 1 unspecified atom stereocenters. The highest BCUT2D eigenvalue weighted by molar-refractivity contribution is 5.85. The molecule has 0 radical (unpaired) electrons. The summed E-state index contributed by atoms with van der Waals surface area (Å²) in [6.07, 6.45) is 0.440. The highest BCUT2D eigenvalue weighted by atomic mass is 35.5. The molecule has 2 aliphatic heterocycles. The van der Waals surface area contributed by atoms with E-state index in [9.17, 15) is 4.79 Å². The Morgan fingerprint density at radius 3 is 2.79 bits per heavy atom. The van der Waals surface area contributed by atoms with Crippen LogP contribution in [-0.4, -0.2) is 76.1 Å². The van der Waals surface area contributed by atoms with Crippen molar-refractivity contribution in [2.45, 2.75) is 19.0 Å². The summed E-state index contributed by atoms with van der Waals surface area (Å²) in [5.74, 6) is 0.874. The standard InChI is InChI=1S/C19H29N3O4.2ClH/c23-19(13-17-15-25-8-4-20-17)21-14-16-2-1-3-18(12-16)26-11-7-22-5-9-24-10-6-22;;/h1-3,12,17,20H,4-11,13-15H2,(H,21,23);2*1H. The van der Waals surface area contributed by atoms with Crippen molar-refractivity contribution in [2.75, 3.05) is 59.2 Å². The van der Waals surface area contributed by atoms with Crippen molar-refractivity contribution in [3.8, 4) is 5.75 Å². The molecule has 1 atom stereocenters. The predicted molar refractivity (Wildman–Crippen MR) is 113 cm³/mol. The fourth-order valence-corrected chi connectivity index (χ4v) is 3.11. The van der Waals surface area contributed by atoms with Gasteiger partial charge in [-0.25, -0.2) is 0 Å². The Hall–Kier alpha value is -1.09. The number of nitrogens with one attached hydrogen (secondary N) is 2. The number of carbonyl (C=O) groups is 1. The van der Waals surface area contributed by atoms with Crippen molar-refractivity contribution in [2.24, 2.45) is 0 Å². The lowest BCUT2D eigenvalue weighted by molar-refractivity contribution is -0.122. The van der Waals surface area contributed by atoms with Gasteiger partial charge in [-0.3, -0.25) is 9.69 Å². The van der Waals surface area contributed by atoms with Crippen molar-refractivity contribution in [1.29, 1.82) is 0 Å². The molecule has 1 aromatic carbocycles. The van der Waals surface area contributed by atoms with Crippen LogP contribution in [0.4, 0.5) is 0 Å². The molecular weight excluding hydrogens is 405 g/mol. The average Bonchev–Trinajstić information content (AvgIpc) is 2.68. The lowest BCUT2D eigenvalue weighted by Crippen LogP contribution is -2.44. The molecule has 0 aromatic heterocycles. The van der Waals surface area contributed by atoms with Gasteiger partial charge in [0.25, 0.3) is 0 Å². The molecule has 2 saturated heterocycles. The van der Waals surface area contributed by atoms with E-state index in [1.54, 1.807) is 0 Å². The Morgan fingerprint density at radius 2 is 2.04 bits per heavy atom. The van der Waals surface area contributed by atoms with E-state index in [1.807, 2.05) is 24.3 Å². The van der Waals surface area contributed by atoms with Gasteiger partial charge in [-0.1, -0.05) is 12.1 Å². The van der Waals surface area contributed by atoms with E-state index >= 15 is 0 Å². The number of rotatable bonds is 8. The summed E-state index contributed by atoms with van der Waals surface area (Å²) >= 11 is 0. The van der Waals surface area contributed by atoms with Crippen LogP contribution in [0.3, 0.4) is 0 Å². The largest absolute Gasteiger partial charge is 0.492 e. The third-order valence-electron chi connectivity index (χ3n) is 4.60. The van der Waals surface area contributed by atoms with E-state index in [2.05, 4.69) is 15.5 Å². The van der Waals surface area contributed by atoms with Gasteiger partial charge in [0.15, 0.2) is 0 Å². The first-order valence-electron chi connectivity index (χ1n) is 9.39. The number of nitrogens with zero attached hydrogens (tertiary/aromatic N) is 1. The van der Waals surface area contributed by atoms with Crippen LogP contribution >= 0.6 is 24.8 Å². The molecule has 0 spiro atoms. The number of benzene rings is 1. The number of amides is 1. The Balaban J connectivity index is 0.00000196. The number of ether oxygens (including phenoxy) is 3. The Labute approximate surface area is 179 Å². The number of halogens is 2. The van der Waals surface area contributed by atoms with Crippen LogP contribution in [-0.2, 0) is 20.8 Å². The minimum Gasteiger partial charge on any atom is -0.492 e. The third kappa shape index (κ3) is 8.94. The molecule has 9 heteroatoms. The van der Waals surface area contributed by atoms with E-state index in [1.165, 1.54) is 0 Å². The number of morpholine rings is 2. The van der Waals surface area contributed by atoms with Crippen molar-refractivity contribution in [3.05, 3.63) is 29.8 Å². The normalized spacial score (nSPS) is 19.8. The molecule has 3 rings (SSSR count). The molecule has 2 heterocycles. The number of hydrogen-bond acceptors (Lipinski definition) is 6. The van der Waals surface area contributed by atoms with E-state index in [4.69, 9.17) is 14.2 Å². The van der Waals surface area contributed by atoms with Crippen LogP contribution in [0.5, 0.6) is 5.75 Å². The molecule has 1 aromatic rings. The minimum atomic E-state index is 0. The zero-order chi connectivity index (χ0) is 18.0. The summed E-state index contributed by atoms with van der Waals surface area (Å²) in [7, 11) is 0. The summed E-state index contributed by atoms with van der Waals surface area (Å²) in [6.45, 7) is 7.73. The monoisotopic (exact) mass is 435 g/mol. The van der Waals surface area contributed by atoms with Crippen LogP contribution in [0, 0.1) is 0 Å². The van der Waals surface area contributed by atoms with Gasteiger partial charge in [-0.2, -0.15) is 0 Å².